The second kappa shape index (κ2) is 8.37. The largest absolute Gasteiger partial charge is 0.496 e. The van der Waals surface area contributed by atoms with Gasteiger partial charge in [-0.2, -0.15) is 0 Å². The van der Waals surface area contributed by atoms with Crippen LogP contribution < -0.4 is 10.1 Å². The predicted molar refractivity (Wildman–Crippen MR) is 105 cm³/mol. The Kier molecular flexibility index (Phi) is 5.94. The molecule has 4 nitrogen and oxygen atoms in total. The first-order valence-electron chi connectivity index (χ1n) is 9.29. The highest BCUT2D eigenvalue weighted by Gasteiger charge is 2.21. The van der Waals surface area contributed by atoms with Gasteiger partial charge in [-0.25, -0.2) is 0 Å². The van der Waals surface area contributed by atoms with Gasteiger partial charge in [0.05, 0.1) is 7.11 Å². The number of benzene rings is 2. The summed E-state index contributed by atoms with van der Waals surface area (Å²) in [5, 5.41) is 3.20. The van der Waals surface area contributed by atoms with E-state index in [2.05, 4.69) is 35.3 Å². The van der Waals surface area contributed by atoms with Crippen molar-refractivity contribution < 1.29 is 9.53 Å². The monoisotopic (exact) mass is 352 g/mol. The number of hydrogen-bond acceptors (Lipinski definition) is 3. The molecular weight excluding hydrogens is 324 g/mol. The molecule has 1 aliphatic rings. The van der Waals surface area contributed by atoms with Crippen molar-refractivity contribution in [3.63, 3.8) is 0 Å². The van der Waals surface area contributed by atoms with Gasteiger partial charge in [0.1, 0.15) is 5.75 Å². The molecule has 0 spiro atoms. The van der Waals surface area contributed by atoms with Crippen LogP contribution in [-0.4, -0.2) is 37.0 Å². The third-order valence-corrected chi connectivity index (χ3v) is 5.19. The number of amides is 1. The Bertz CT molecular complexity index is 764. The van der Waals surface area contributed by atoms with Crippen LogP contribution in [0.4, 0.5) is 0 Å². The molecule has 26 heavy (non-hydrogen) atoms. The molecule has 2 aromatic carbocycles. The van der Waals surface area contributed by atoms with Crippen LogP contribution in [0.25, 0.3) is 0 Å². The van der Waals surface area contributed by atoms with Crippen LogP contribution in [0.2, 0.25) is 0 Å². The minimum atomic E-state index is 0.0461. The van der Waals surface area contributed by atoms with Gasteiger partial charge in [-0.3, -0.25) is 9.69 Å². The van der Waals surface area contributed by atoms with Gasteiger partial charge in [-0.05, 0) is 55.5 Å². The highest BCUT2D eigenvalue weighted by molar-refractivity contribution is 5.95. The van der Waals surface area contributed by atoms with Crippen LogP contribution in [-0.2, 0) is 6.54 Å². The van der Waals surface area contributed by atoms with Crippen LogP contribution in [0.5, 0.6) is 5.75 Å². The van der Waals surface area contributed by atoms with Gasteiger partial charge in [0.25, 0.3) is 5.91 Å². The quantitative estimate of drug-likeness (QED) is 0.892. The SMILES string of the molecule is COc1cc(CN2CCC(NC(=O)c3ccccc3C)CC2)ccc1C. The number of ether oxygens (including phenoxy) is 1. The number of nitrogens with zero attached hydrogens (tertiary/aromatic N) is 1. The molecule has 0 unspecified atom stereocenters. The Morgan fingerprint density at radius 3 is 2.54 bits per heavy atom. The second-order valence-electron chi connectivity index (χ2n) is 7.14. The van der Waals surface area contributed by atoms with Crippen molar-refractivity contribution in [1.29, 1.82) is 0 Å². The lowest BCUT2D eigenvalue weighted by Crippen LogP contribution is -2.44. The van der Waals surface area contributed by atoms with E-state index in [-0.39, 0.29) is 11.9 Å². The van der Waals surface area contributed by atoms with Crippen LogP contribution in [0.15, 0.2) is 42.5 Å². The third-order valence-electron chi connectivity index (χ3n) is 5.19. The fraction of sp³-hybridized carbons (Fsp3) is 0.409. The molecule has 3 rings (SSSR count). The first-order valence-corrected chi connectivity index (χ1v) is 9.29. The van der Waals surface area contributed by atoms with Gasteiger partial charge in [0.15, 0.2) is 0 Å². The van der Waals surface area contributed by atoms with E-state index in [1.165, 1.54) is 5.56 Å². The van der Waals surface area contributed by atoms with Gasteiger partial charge >= 0.3 is 0 Å². The second-order valence-corrected chi connectivity index (χ2v) is 7.14. The van der Waals surface area contributed by atoms with Crippen molar-refractivity contribution in [2.24, 2.45) is 0 Å². The molecule has 2 aromatic rings. The van der Waals surface area contributed by atoms with Crippen molar-refractivity contribution in [3.05, 3.63) is 64.7 Å². The Morgan fingerprint density at radius 1 is 1.12 bits per heavy atom. The van der Waals surface area contributed by atoms with E-state index in [4.69, 9.17) is 4.74 Å². The first kappa shape index (κ1) is 18.5. The summed E-state index contributed by atoms with van der Waals surface area (Å²) in [6.07, 6.45) is 1.97. The lowest BCUT2D eigenvalue weighted by atomic mass is 10.0. The topological polar surface area (TPSA) is 41.6 Å². The molecule has 1 aliphatic heterocycles. The zero-order valence-electron chi connectivity index (χ0n) is 15.9. The summed E-state index contributed by atoms with van der Waals surface area (Å²) in [7, 11) is 1.72. The van der Waals surface area contributed by atoms with Crippen LogP contribution >= 0.6 is 0 Å². The summed E-state index contributed by atoms with van der Waals surface area (Å²) in [5.74, 6) is 0.993. The third kappa shape index (κ3) is 4.44. The summed E-state index contributed by atoms with van der Waals surface area (Å²) in [4.78, 5) is 14.9. The lowest BCUT2D eigenvalue weighted by molar-refractivity contribution is 0.0908. The number of carbonyl (C=O) groups excluding carboxylic acids is 1. The molecule has 0 saturated carbocycles. The van der Waals surface area contributed by atoms with E-state index in [1.807, 2.05) is 31.2 Å². The molecule has 0 aliphatic carbocycles. The zero-order chi connectivity index (χ0) is 18.5. The predicted octanol–water partition coefficient (Wildman–Crippen LogP) is 3.71. The maximum Gasteiger partial charge on any atom is 0.251 e. The Hall–Kier alpha value is -2.33. The van der Waals surface area contributed by atoms with Crippen molar-refractivity contribution >= 4 is 5.91 Å². The van der Waals surface area contributed by atoms with Crippen LogP contribution in [0, 0.1) is 13.8 Å². The molecule has 1 N–H and O–H groups in total. The summed E-state index contributed by atoms with van der Waals surface area (Å²) < 4.78 is 5.42. The highest BCUT2D eigenvalue weighted by atomic mass is 16.5. The number of rotatable bonds is 5. The summed E-state index contributed by atoms with van der Waals surface area (Å²) in [6, 6.07) is 14.4. The Balaban J connectivity index is 1.51. The van der Waals surface area contributed by atoms with Gasteiger partial charge in [-0.15, -0.1) is 0 Å². The molecule has 1 amide bonds. The summed E-state index contributed by atoms with van der Waals surface area (Å²) >= 11 is 0. The van der Waals surface area contributed by atoms with E-state index in [0.717, 1.165) is 54.9 Å². The average molecular weight is 352 g/mol. The Labute approximate surface area is 156 Å². The average Bonchev–Trinajstić information content (AvgIpc) is 2.65. The maximum atomic E-state index is 12.5. The molecular formula is C22H28N2O2. The molecule has 1 heterocycles. The van der Waals surface area contributed by atoms with Gasteiger partial charge in [-0.1, -0.05) is 30.3 Å². The van der Waals surface area contributed by atoms with Crippen molar-refractivity contribution in [3.8, 4) is 5.75 Å². The van der Waals surface area contributed by atoms with Crippen molar-refractivity contribution in [2.75, 3.05) is 20.2 Å². The van der Waals surface area contributed by atoms with Crippen molar-refractivity contribution in [2.45, 2.75) is 39.3 Å². The zero-order valence-corrected chi connectivity index (χ0v) is 15.9. The summed E-state index contributed by atoms with van der Waals surface area (Å²) in [5.41, 5.74) is 4.24. The van der Waals surface area contributed by atoms with Gasteiger partial charge in [0, 0.05) is 31.2 Å². The highest BCUT2D eigenvalue weighted by Crippen LogP contribution is 2.21. The fourth-order valence-electron chi connectivity index (χ4n) is 3.55. The fourth-order valence-corrected chi connectivity index (χ4v) is 3.55. The molecule has 138 valence electrons. The normalized spacial score (nSPS) is 15.7. The van der Waals surface area contributed by atoms with E-state index in [0.29, 0.717) is 0 Å². The first-order chi connectivity index (χ1) is 12.6. The minimum absolute atomic E-state index is 0.0461. The van der Waals surface area contributed by atoms with Gasteiger partial charge < -0.3 is 10.1 Å². The molecule has 0 atom stereocenters. The Morgan fingerprint density at radius 2 is 1.85 bits per heavy atom. The molecule has 0 bridgehead atoms. The number of piperidine rings is 1. The van der Waals surface area contributed by atoms with Crippen molar-refractivity contribution in [1.82, 2.24) is 10.2 Å². The van der Waals surface area contributed by atoms with E-state index in [1.54, 1.807) is 7.11 Å². The number of hydrogen-bond donors (Lipinski definition) is 1. The van der Waals surface area contributed by atoms with E-state index in [9.17, 15) is 4.79 Å². The molecule has 0 radical (unpaired) electrons. The standard InChI is InChI=1S/C22H28N2O2/c1-16-6-4-5-7-20(16)22(25)23-19-10-12-24(13-11-19)15-18-9-8-17(2)21(14-18)26-3/h4-9,14,19H,10-13,15H2,1-3H3,(H,23,25). The van der Waals surface area contributed by atoms with E-state index < -0.39 is 0 Å². The number of likely N-dealkylation sites (tertiary alicyclic amines) is 1. The van der Waals surface area contributed by atoms with E-state index >= 15 is 0 Å². The number of aryl methyl sites for hydroxylation is 2. The number of nitrogens with one attached hydrogen (secondary N) is 1. The maximum absolute atomic E-state index is 12.5. The summed E-state index contributed by atoms with van der Waals surface area (Å²) in [6.45, 7) is 6.96. The molecule has 1 fully saturated rings. The molecule has 0 aromatic heterocycles. The minimum Gasteiger partial charge on any atom is -0.496 e. The molecule has 1 saturated heterocycles. The van der Waals surface area contributed by atoms with Crippen LogP contribution in [0.1, 0.15) is 39.9 Å². The number of carbonyl (C=O) groups is 1. The number of methoxy groups -OCH3 is 1. The smallest absolute Gasteiger partial charge is 0.251 e. The van der Waals surface area contributed by atoms with Gasteiger partial charge in [0.2, 0.25) is 0 Å². The van der Waals surface area contributed by atoms with Crippen LogP contribution in [0.3, 0.4) is 0 Å². The molecule has 4 heteroatoms. The lowest BCUT2D eigenvalue weighted by Gasteiger charge is -2.32.